The average molecular weight is 229 g/mol. The van der Waals surface area contributed by atoms with Crippen molar-refractivity contribution in [3.05, 3.63) is 35.9 Å². The van der Waals surface area contributed by atoms with Crippen molar-refractivity contribution in [2.24, 2.45) is 11.5 Å². The highest BCUT2D eigenvalue weighted by Gasteiger charge is 2.12. The molecule has 0 radical (unpaired) electrons. The van der Waals surface area contributed by atoms with Gasteiger partial charge >= 0.3 is 6.03 Å². The lowest BCUT2D eigenvalue weighted by molar-refractivity contribution is 0.228. The zero-order chi connectivity index (χ0) is 10.6. The summed E-state index contributed by atoms with van der Waals surface area (Å²) in [5.74, 6) is -0.346. The van der Waals surface area contributed by atoms with Crippen LogP contribution in [-0.2, 0) is 6.54 Å². The van der Waals surface area contributed by atoms with E-state index in [1.54, 1.807) is 0 Å². The van der Waals surface area contributed by atoms with Crippen molar-refractivity contribution in [3.63, 3.8) is 0 Å². The Labute approximate surface area is 94.0 Å². The Hall–Kier alpha value is -1.75. The second kappa shape index (κ2) is 5.87. The van der Waals surface area contributed by atoms with Gasteiger partial charge in [-0.1, -0.05) is 30.3 Å². The van der Waals surface area contributed by atoms with Gasteiger partial charge in [0.05, 0.1) is 6.54 Å². The zero-order valence-corrected chi connectivity index (χ0v) is 8.83. The lowest BCUT2D eigenvalue weighted by atomic mass is 10.2. The molecule has 0 aliphatic carbocycles. The van der Waals surface area contributed by atoms with E-state index in [1.807, 2.05) is 30.3 Å². The number of nitrogens with one attached hydrogen (secondary N) is 1. The van der Waals surface area contributed by atoms with Crippen molar-refractivity contribution < 1.29 is 4.79 Å². The molecule has 0 aliphatic rings. The normalized spacial score (nSPS) is 8.80. The molecule has 2 amide bonds. The molecule has 0 unspecified atom stereocenters. The van der Waals surface area contributed by atoms with Gasteiger partial charge in [0.2, 0.25) is 0 Å². The smallest absolute Gasteiger partial charge is 0.321 e. The fraction of sp³-hybridized carbons (Fsp3) is 0.111. The summed E-state index contributed by atoms with van der Waals surface area (Å²) in [6.07, 6.45) is 0. The topological polar surface area (TPSA) is 96.2 Å². The van der Waals surface area contributed by atoms with Gasteiger partial charge < -0.3 is 11.5 Å². The van der Waals surface area contributed by atoms with E-state index in [1.165, 1.54) is 0 Å². The number of primary amides is 1. The molecule has 82 valence electrons. The summed E-state index contributed by atoms with van der Waals surface area (Å²) >= 11 is 0. The Morgan fingerprint density at radius 1 is 1.27 bits per heavy atom. The van der Waals surface area contributed by atoms with Crippen LogP contribution in [0.2, 0.25) is 0 Å². The van der Waals surface area contributed by atoms with Crippen molar-refractivity contribution in [3.8, 4) is 0 Å². The zero-order valence-electron chi connectivity index (χ0n) is 8.01. The number of guanidine groups is 1. The van der Waals surface area contributed by atoms with Crippen molar-refractivity contribution in [1.29, 1.82) is 5.41 Å². The Morgan fingerprint density at radius 3 is 2.20 bits per heavy atom. The largest absolute Gasteiger partial charge is 0.370 e. The molecule has 0 spiro atoms. The van der Waals surface area contributed by atoms with Crippen LogP contribution in [0.5, 0.6) is 0 Å². The van der Waals surface area contributed by atoms with Gasteiger partial charge in [0.25, 0.3) is 0 Å². The van der Waals surface area contributed by atoms with Gasteiger partial charge in [0.1, 0.15) is 0 Å². The van der Waals surface area contributed by atoms with E-state index in [4.69, 9.17) is 16.9 Å². The molecule has 0 atom stereocenters. The Morgan fingerprint density at radius 2 is 1.80 bits per heavy atom. The van der Waals surface area contributed by atoms with E-state index in [9.17, 15) is 4.79 Å². The molecule has 0 fully saturated rings. The maximum absolute atomic E-state index is 10.9. The first kappa shape index (κ1) is 13.2. The van der Waals surface area contributed by atoms with Crippen LogP contribution in [0.3, 0.4) is 0 Å². The maximum atomic E-state index is 10.9. The SMILES string of the molecule is Cl.N=C(N)N(Cc1ccccc1)C(N)=O. The minimum absolute atomic E-state index is 0. The molecule has 15 heavy (non-hydrogen) atoms. The summed E-state index contributed by atoms with van der Waals surface area (Å²) in [7, 11) is 0. The van der Waals surface area contributed by atoms with E-state index in [2.05, 4.69) is 0 Å². The van der Waals surface area contributed by atoms with Gasteiger partial charge in [0.15, 0.2) is 5.96 Å². The van der Waals surface area contributed by atoms with Gasteiger partial charge in [-0.3, -0.25) is 10.3 Å². The molecular weight excluding hydrogens is 216 g/mol. The number of hydrogen-bond donors (Lipinski definition) is 3. The van der Waals surface area contributed by atoms with Crippen LogP contribution in [-0.4, -0.2) is 16.9 Å². The lowest BCUT2D eigenvalue weighted by Gasteiger charge is -2.17. The highest BCUT2D eigenvalue weighted by molar-refractivity contribution is 5.92. The molecule has 0 saturated carbocycles. The van der Waals surface area contributed by atoms with Crippen molar-refractivity contribution in [2.45, 2.75) is 6.54 Å². The van der Waals surface area contributed by atoms with E-state index in [0.717, 1.165) is 10.5 Å². The summed E-state index contributed by atoms with van der Waals surface area (Å²) in [6, 6.07) is 8.49. The quantitative estimate of drug-likeness (QED) is 0.518. The molecule has 1 rings (SSSR count). The van der Waals surface area contributed by atoms with Crippen LogP contribution >= 0.6 is 12.4 Å². The number of halogens is 1. The predicted molar refractivity (Wildman–Crippen MR) is 60.7 cm³/mol. The first-order chi connectivity index (χ1) is 6.61. The average Bonchev–Trinajstić information content (AvgIpc) is 2.15. The van der Waals surface area contributed by atoms with Crippen molar-refractivity contribution in [1.82, 2.24) is 4.90 Å². The van der Waals surface area contributed by atoms with E-state index >= 15 is 0 Å². The minimum Gasteiger partial charge on any atom is -0.370 e. The molecule has 5 N–H and O–H groups in total. The maximum Gasteiger partial charge on any atom is 0.321 e. The number of nitrogens with two attached hydrogens (primary N) is 2. The Bertz CT molecular complexity index is 327. The summed E-state index contributed by atoms with van der Waals surface area (Å²) in [6.45, 7) is 0.228. The van der Waals surface area contributed by atoms with Crippen LogP contribution in [0.15, 0.2) is 30.3 Å². The monoisotopic (exact) mass is 228 g/mol. The Kier molecular flexibility index (Phi) is 5.19. The van der Waals surface area contributed by atoms with Gasteiger partial charge in [-0.15, -0.1) is 12.4 Å². The molecule has 6 heteroatoms. The Balaban J connectivity index is 0.00000196. The van der Waals surface area contributed by atoms with Gasteiger partial charge in [-0.25, -0.2) is 4.79 Å². The lowest BCUT2D eigenvalue weighted by Crippen LogP contribution is -2.43. The molecule has 0 bridgehead atoms. The van der Waals surface area contributed by atoms with Crippen LogP contribution in [0.4, 0.5) is 4.79 Å². The standard InChI is InChI=1S/C9H12N4O.ClH/c10-8(11)13(9(12)14)6-7-4-2-1-3-5-7;/h1-5H,6H2,(H3,10,11)(H2,12,14);1H. The highest BCUT2D eigenvalue weighted by Crippen LogP contribution is 2.03. The first-order valence-electron chi connectivity index (χ1n) is 4.06. The molecule has 0 aliphatic heterocycles. The first-order valence-corrected chi connectivity index (χ1v) is 4.06. The van der Waals surface area contributed by atoms with Crippen LogP contribution < -0.4 is 11.5 Å². The number of hydrogen-bond acceptors (Lipinski definition) is 2. The van der Waals surface area contributed by atoms with Crippen molar-refractivity contribution >= 4 is 24.4 Å². The number of carbonyl (C=O) groups is 1. The number of urea groups is 1. The highest BCUT2D eigenvalue weighted by atomic mass is 35.5. The van der Waals surface area contributed by atoms with E-state index in [-0.39, 0.29) is 24.9 Å². The minimum atomic E-state index is -0.721. The summed E-state index contributed by atoms with van der Waals surface area (Å²) in [5.41, 5.74) is 11.1. The summed E-state index contributed by atoms with van der Waals surface area (Å²) < 4.78 is 0. The van der Waals surface area contributed by atoms with Crippen LogP contribution in [0.25, 0.3) is 0 Å². The molecule has 0 heterocycles. The van der Waals surface area contributed by atoms with E-state index in [0.29, 0.717) is 0 Å². The van der Waals surface area contributed by atoms with Crippen LogP contribution in [0, 0.1) is 5.41 Å². The number of carbonyl (C=O) groups excluding carboxylic acids is 1. The number of amides is 2. The summed E-state index contributed by atoms with van der Waals surface area (Å²) in [5, 5.41) is 7.13. The third-order valence-electron chi connectivity index (χ3n) is 1.74. The molecule has 1 aromatic carbocycles. The molecule has 1 aromatic rings. The predicted octanol–water partition coefficient (Wildman–Crippen LogP) is 0.883. The second-order valence-corrected chi connectivity index (χ2v) is 2.80. The number of rotatable bonds is 2. The fourth-order valence-corrected chi connectivity index (χ4v) is 1.05. The van der Waals surface area contributed by atoms with E-state index < -0.39 is 6.03 Å². The second-order valence-electron chi connectivity index (χ2n) is 2.80. The van der Waals surface area contributed by atoms with Crippen LogP contribution in [0.1, 0.15) is 5.56 Å². The number of benzene rings is 1. The van der Waals surface area contributed by atoms with Gasteiger partial charge in [0, 0.05) is 0 Å². The third-order valence-corrected chi connectivity index (χ3v) is 1.74. The third kappa shape index (κ3) is 3.86. The number of nitrogens with zero attached hydrogens (tertiary/aromatic N) is 1. The van der Waals surface area contributed by atoms with Gasteiger partial charge in [-0.2, -0.15) is 0 Å². The van der Waals surface area contributed by atoms with Crippen molar-refractivity contribution in [2.75, 3.05) is 0 Å². The molecular formula is C9H13ClN4O. The summed E-state index contributed by atoms with van der Waals surface area (Å²) in [4.78, 5) is 11.9. The molecule has 0 saturated heterocycles. The molecule has 5 nitrogen and oxygen atoms in total. The molecule has 0 aromatic heterocycles. The van der Waals surface area contributed by atoms with Gasteiger partial charge in [-0.05, 0) is 5.56 Å². The fourth-order valence-electron chi connectivity index (χ4n) is 1.05.